The van der Waals surface area contributed by atoms with Crippen molar-refractivity contribution in [3.05, 3.63) is 12.0 Å². The smallest absolute Gasteiger partial charge is 0.397 e. The lowest BCUT2D eigenvalue weighted by Crippen LogP contribution is -2.66. The van der Waals surface area contributed by atoms with Gasteiger partial charge in [-0.2, -0.15) is 21.6 Å². The first-order valence-electron chi connectivity index (χ1n) is 8.11. The molecule has 2 rings (SSSR count). The van der Waals surface area contributed by atoms with Crippen LogP contribution < -0.4 is 4.72 Å². The normalized spacial score (nSPS) is 36.9. The predicted molar refractivity (Wildman–Crippen MR) is 89.9 cm³/mol. The molecule has 0 aromatic heterocycles. The highest BCUT2D eigenvalue weighted by molar-refractivity contribution is 7.83. The minimum Gasteiger partial charge on any atom is -0.432 e. The maximum absolute atomic E-state index is 11.1. The highest BCUT2D eigenvalue weighted by Crippen LogP contribution is 2.29. The molecule has 8 unspecified atom stereocenters. The Kier molecular flexibility index (Phi) is 8.29. The maximum atomic E-state index is 11.1. The van der Waals surface area contributed by atoms with Gasteiger partial charge in [0.05, 0.1) is 6.61 Å². The van der Waals surface area contributed by atoms with Crippen LogP contribution in [-0.4, -0.2) is 109 Å². The first kappa shape index (κ1) is 25.8. The van der Waals surface area contributed by atoms with Crippen LogP contribution in [0.5, 0.6) is 0 Å². The molecule has 0 spiro atoms. The lowest BCUT2D eigenvalue weighted by Gasteiger charge is -2.44. The van der Waals surface area contributed by atoms with Crippen LogP contribution in [0.15, 0.2) is 12.0 Å². The summed E-state index contributed by atoms with van der Waals surface area (Å²) in [6, 6.07) is -1.95. The van der Waals surface area contributed by atoms with E-state index in [1.807, 2.05) is 0 Å². The molecule has 0 aromatic rings. The van der Waals surface area contributed by atoms with Crippen molar-refractivity contribution in [3.8, 4) is 0 Å². The molecule has 7 N–H and O–H groups in total. The Bertz CT molecular complexity index is 873. The second kappa shape index (κ2) is 9.97. The van der Waals surface area contributed by atoms with E-state index < -0.39 is 82.4 Å². The van der Waals surface area contributed by atoms with Crippen molar-refractivity contribution in [2.24, 2.45) is 0 Å². The van der Waals surface area contributed by atoms with Gasteiger partial charge in [-0.3, -0.25) is 13.9 Å². The quantitative estimate of drug-likeness (QED) is 0.116. The topological polar surface area (TPSA) is 265 Å². The fourth-order valence-electron chi connectivity index (χ4n) is 2.78. The zero-order valence-corrected chi connectivity index (χ0v) is 16.7. The summed E-state index contributed by atoms with van der Waals surface area (Å²) in [5, 5.41) is 39.7. The number of carbonyl (C=O) groups is 1. The number of aliphatic hydroxyl groups excluding tert-OH is 4. The fourth-order valence-corrected chi connectivity index (χ4v) is 3.87. The van der Waals surface area contributed by atoms with Crippen LogP contribution >= 0.6 is 0 Å². The van der Waals surface area contributed by atoms with Crippen molar-refractivity contribution in [2.75, 3.05) is 6.61 Å². The molecule has 0 aliphatic carbocycles. The first-order chi connectivity index (χ1) is 14.3. The van der Waals surface area contributed by atoms with Gasteiger partial charge >= 0.3 is 27.2 Å². The van der Waals surface area contributed by atoms with Gasteiger partial charge in [0.25, 0.3) is 5.95 Å². The zero-order valence-electron chi connectivity index (χ0n) is 15.1. The van der Waals surface area contributed by atoms with Gasteiger partial charge in [-0.05, 0) is 0 Å². The third kappa shape index (κ3) is 7.00. The lowest BCUT2D eigenvalue weighted by atomic mass is 9.97. The molecule has 0 aromatic carbocycles. The van der Waals surface area contributed by atoms with Crippen LogP contribution in [0.1, 0.15) is 0 Å². The van der Waals surface area contributed by atoms with Crippen molar-refractivity contribution in [2.45, 2.75) is 49.1 Å². The van der Waals surface area contributed by atoms with E-state index in [4.69, 9.17) is 23.3 Å². The summed E-state index contributed by atoms with van der Waals surface area (Å²) in [7, 11) is -10.2. The molecule has 0 bridgehead atoms. The Morgan fingerprint density at radius 3 is 2.29 bits per heavy atom. The van der Waals surface area contributed by atoms with Gasteiger partial charge in [0.1, 0.15) is 30.5 Å². The van der Waals surface area contributed by atoms with E-state index in [1.54, 1.807) is 0 Å². The minimum atomic E-state index is -5.20. The van der Waals surface area contributed by atoms with E-state index >= 15 is 0 Å². The van der Waals surface area contributed by atoms with Crippen molar-refractivity contribution in [1.29, 1.82) is 0 Å². The summed E-state index contributed by atoms with van der Waals surface area (Å²) in [5.74, 6) is -0.706. The Balaban J connectivity index is 2.34. The monoisotopic (exact) mass is 497 g/mol. The van der Waals surface area contributed by atoms with Gasteiger partial charge in [-0.15, -0.1) is 0 Å². The maximum Gasteiger partial charge on any atom is 0.397 e. The number of nitrogens with one attached hydrogen (secondary N) is 1. The summed E-state index contributed by atoms with van der Waals surface area (Å²) in [5.41, 5.74) is 0. The third-order valence-corrected chi connectivity index (χ3v) is 5.03. The number of aliphatic hydroxyl groups is 4. The van der Waals surface area contributed by atoms with Crippen molar-refractivity contribution < 1.29 is 74.3 Å². The van der Waals surface area contributed by atoms with Crippen molar-refractivity contribution in [1.82, 2.24) is 4.72 Å². The molecule has 180 valence electrons. The van der Waals surface area contributed by atoms with Crippen LogP contribution in [0.3, 0.4) is 0 Å². The molecule has 17 nitrogen and oxygen atoms in total. The summed E-state index contributed by atoms with van der Waals surface area (Å²) in [6.07, 6.45) is -12.9. The van der Waals surface area contributed by atoms with E-state index in [-0.39, 0.29) is 6.47 Å². The second-order valence-corrected chi connectivity index (χ2v) is 8.36. The Morgan fingerprint density at radius 2 is 1.77 bits per heavy atom. The largest absolute Gasteiger partial charge is 0.432 e. The molecule has 2 aliphatic rings. The molecule has 1 saturated heterocycles. The van der Waals surface area contributed by atoms with Gasteiger partial charge in [0.2, 0.25) is 6.29 Å². The predicted octanol–water partition coefficient (Wildman–Crippen LogP) is -4.88. The molecular formula is C12H19NO16S2. The molecule has 2 heterocycles. The van der Waals surface area contributed by atoms with Gasteiger partial charge < -0.3 is 39.4 Å². The lowest BCUT2D eigenvalue weighted by molar-refractivity contribution is -0.308. The van der Waals surface area contributed by atoms with E-state index in [0.29, 0.717) is 6.08 Å². The van der Waals surface area contributed by atoms with Crippen LogP contribution in [0, 0.1) is 0 Å². The highest BCUT2D eigenvalue weighted by atomic mass is 32.3. The average Bonchev–Trinajstić information content (AvgIpc) is 2.62. The molecule has 0 saturated carbocycles. The SMILES string of the molecule is O=COC1=CC(O)C(OS(=O)(=O)O)C(OC2C(CO)OC(O)C(NS(=O)(=O)O)C2O)O1. The van der Waals surface area contributed by atoms with E-state index in [9.17, 15) is 42.1 Å². The van der Waals surface area contributed by atoms with Gasteiger partial charge in [0.15, 0.2) is 12.4 Å². The Morgan fingerprint density at radius 1 is 1.13 bits per heavy atom. The minimum absolute atomic E-state index is 0.128. The average molecular weight is 497 g/mol. The molecule has 31 heavy (non-hydrogen) atoms. The highest BCUT2D eigenvalue weighted by Gasteiger charge is 2.50. The van der Waals surface area contributed by atoms with E-state index in [0.717, 1.165) is 0 Å². The molecule has 8 atom stereocenters. The van der Waals surface area contributed by atoms with Gasteiger partial charge in [-0.25, -0.2) is 4.18 Å². The van der Waals surface area contributed by atoms with E-state index in [2.05, 4.69) is 8.92 Å². The zero-order chi connectivity index (χ0) is 23.6. The second-order valence-electron chi connectivity index (χ2n) is 6.12. The van der Waals surface area contributed by atoms with E-state index in [1.165, 1.54) is 4.72 Å². The number of hydrogen-bond acceptors (Lipinski definition) is 14. The molecule has 19 heteroatoms. The van der Waals surface area contributed by atoms with Crippen LogP contribution in [0.25, 0.3) is 0 Å². The van der Waals surface area contributed by atoms with Crippen molar-refractivity contribution in [3.63, 3.8) is 0 Å². The number of carbonyl (C=O) groups excluding carboxylic acids is 1. The first-order valence-corrected chi connectivity index (χ1v) is 10.9. The Labute approximate surface area is 174 Å². The number of ether oxygens (including phenoxy) is 4. The Hall–Kier alpha value is -1.49. The molecule has 1 fully saturated rings. The van der Waals surface area contributed by atoms with Crippen LogP contribution in [0.2, 0.25) is 0 Å². The summed E-state index contributed by atoms with van der Waals surface area (Å²) >= 11 is 0. The molecule has 0 amide bonds. The van der Waals surface area contributed by atoms with Crippen LogP contribution in [-0.2, 0) is 48.6 Å². The van der Waals surface area contributed by atoms with Crippen LogP contribution in [0.4, 0.5) is 0 Å². The van der Waals surface area contributed by atoms with Gasteiger partial charge in [-0.1, -0.05) is 0 Å². The number of rotatable bonds is 9. The molecule has 0 radical (unpaired) electrons. The summed E-state index contributed by atoms with van der Waals surface area (Å²) in [6.45, 7) is -1.07. The van der Waals surface area contributed by atoms with Crippen molar-refractivity contribution >= 4 is 27.2 Å². The third-order valence-electron chi connectivity index (χ3n) is 3.99. The number of hydrogen-bond donors (Lipinski definition) is 7. The summed E-state index contributed by atoms with van der Waals surface area (Å²) in [4.78, 5) is 10.5. The fraction of sp³-hybridized carbons (Fsp3) is 0.750. The standard InChI is InChI=1S/C12H19NO16S2/c14-2-5-10(8(17)7(11(18)26-5)13-30(19,20)21)28-12-9(29-31(22,23)24)4(16)1-6(27-12)25-3-15/h1,3-5,7-14,16-18H,2H2,(H,19,20,21)(H,22,23,24). The molecular weight excluding hydrogens is 478 g/mol. The summed E-state index contributed by atoms with van der Waals surface area (Å²) < 4.78 is 87.3. The van der Waals surface area contributed by atoms with Gasteiger partial charge in [0, 0.05) is 6.08 Å². The molecule has 2 aliphatic heterocycles.